The molecule has 0 radical (unpaired) electrons. The highest BCUT2D eigenvalue weighted by atomic mass is 16.6. The number of carbonyl (C=O) groups excluding carboxylic acids is 2. The number of carboxylic acid groups (broad SMARTS) is 1. The molecule has 110 valence electrons. The van der Waals surface area contributed by atoms with Crippen molar-refractivity contribution in [2.24, 2.45) is 0 Å². The van der Waals surface area contributed by atoms with E-state index in [1.165, 1.54) is 0 Å². The number of nitro groups is 1. The van der Waals surface area contributed by atoms with Gasteiger partial charge in [-0.1, -0.05) is 0 Å². The topological polar surface area (TPSA) is 138 Å². The molecule has 2 N–H and O–H groups in total. The van der Waals surface area contributed by atoms with E-state index < -0.39 is 46.3 Å². The van der Waals surface area contributed by atoms with Crippen LogP contribution in [0.2, 0.25) is 0 Å². The highest BCUT2D eigenvalue weighted by Crippen LogP contribution is 2.38. The molecule has 0 unspecified atom stereocenters. The van der Waals surface area contributed by atoms with Gasteiger partial charge in [-0.15, -0.1) is 0 Å². The predicted octanol–water partition coefficient (Wildman–Crippen LogP) is 0.439. The van der Waals surface area contributed by atoms with E-state index in [0.717, 1.165) is 12.1 Å². The Kier molecular flexibility index (Phi) is 3.68. The SMILES string of the molecule is O=C(O)c1ccc(CO)c([N+](=O)[O-])c1N1C(=O)CCC1=O. The van der Waals surface area contributed by atoms with Crippen molar-refractivity contribution in [3.63, 3.8) is 0 Å². The molecule has 1 heterocycles. The van der Waals surface area contributed by atoms with Crippen LogP contribution >= 0.6 is 0 Å². The van der Waals surface area contributed by atoms with Crippen LogP contribution in [-0.4, -0.2) is 32.9 Å². The first-order valence-corrected chi connectivity index (χ1v) is 5.88. The Morgan fingerprint density at radius 2 is 1.86 bits per heavy atom. The first kappa shape index (κ1) is 14.6. The average molecular weight is 294 g/mol. The van der Waals surface area contributed by atoms with Crippen LogP contribution in [0.3, 0.4) is 0 Å². The quantitative estimate of drug-likeness (QED) is 0.466. The number of anilines is 1. The lowest BCUT2D eigenvalue weighted by Crippen LogP contribution is -2.31. The Hall–Kier alpha value is -2.81. The molecule has 1 aromatic rings. The number of hydrogen-bond acceptors (Lipinski definition) is 6. The van der Waals surface area contributed by atoms with Crippen molar-refractivity contribution < 1.29 is 29.5 Å². The summed E-state index contributed by atoms with van der Waals surface area (Å²) in [7, 11) is 0. The smallest absolute Gasteiger partial charge is 0.338 e. The number of rotatable bonds is 4. The van der Waals surface area contributed by atoms with Crippen LogP contribution in [0.25, 0.3) is 0 Å². The van der Waals surface area contributed by atoms with Crippen molar-refractivity contribution in [1.29, 1.82) is 0 Å². The molecule has 0 saturated carbocycles. The number of aliphatic hydroxyl groups excluding tert-OH is 1. The largest absolute Gasteiger partial charge is 0.478 e. The van der Waals surface area contributed by atoms with E-state index in [2.05, 4.69) is 0 Å². The van der Waals surface area contributed by atoms with E-state index in [1.807, 2.05) is 0 Å². The summed E-state index contributed by atoms with van der Waals surface area (Å²) in [4.78, 5) is 45.6. The third kappa shape index (κ3) is 2.34. The van der Waals surface area contributed by atoms with Gasteiger partial charge in [0.15, 0.2) is 0 Å². The molecule has 1 aliphatic heterocycles. The van der Waals surface area contributed by atoms with Gasteiger partial charge in [-0.2, -0.15) is 0 Å². The van der Waals surface area contributed by atoms with Crippen molar-refractivity contribution in [3.8, 4) is 0 Å². The molecular weight excluding hydrogens is 284 g/mol. The molecule has 1 saturated heterocycles. The number of carbonyl (C=O) groups is 3. The Balaban J connectivity index is 2.81. The Bertz CT molecular complexity index is 652. The Morgan fingerprint density at radius 1 is 1.29 bits per heavy atom. The van der Waals surface area contributed by atoms with Gasteiger partial charge in [-0.25, -0.2) is 9.69 Å². The van der Waals surface area contributed by atoms with Crippen molar-refractivity contribution in [2.45, 2.75) is 19.4 Å². The van der Waals surface area contributed by atoms with Gasteiger partial charge in [0, 0.05) is 12.8 Å². The zero-order valence-electron chi connectivity index (χ0n) is 10.6. The second-order valence-electron chi connectivity index (χ2n) is 4.31. The maximum absolute atomic E-state index is 11.8. The van der Waals surface area contributed by atoms with E-state index in [0.29, 0.717) is 4.90 Å². The van der Waals surface area contributed by atoms with Crippen LogP contribution in [0, 0.1) is 10.1 Å². The van der Waals surface area contributed by atoms with Gasteiger partial charge in [0.2, 0.25) is 11.8 Å². The maximum Gasteiger partial charge on any atom is 0.338 e. The summed E-state index contributed by atoms with van der Waals surface area (Å²) in [5.74, 6) is -2.92. The van der Waals surface area contributed by atoms with Crippen LogP contribution in [0.1, 0.15) is 28.8 Å². The third-order valence-electron chi connectivity index (χ3n) is 3.09. The van der Waals surface area contributed by atoms with Crippen LogP contribution in [0.15, 0.2) is 12.1 Å². The fraction of sp³-hybridized carbons (Fsp3) is 0.250. The summed E-state index contributed by atoms with van der Waals surface area (Å²) in [6.45, 7) is -0.723. The monoisotopic (exact) mass is 294 g/mol. The van der Waals surface area contributed by atoms with Gasteiger partial charge in [0.1, 0.15) is 5.69 Å². The van der Waals surface area contributed by atoms with Crippen molar-refractivity contribution in [2.75, 3.05) is 4.90 Å². The lowest BCUT2D eigenvalue weighted by atomic mass is 10.0. The molecule has 0 bridgehead atoms. The normalized spacial score (nSPS) is 14.6. The molecule has 0 aromatic heterocycles. The number of benzene rings is 1. The number of aliphatic hydroxyl groups is 1. The fourth-order valence-corrected chi connectivity index (χ4v) is 2.18. The number of carboxylic acids is 1. The van der Waals surface area contributed by atoms with Crippen molar-refractivity contribution >= 4 is 29.2 Å². The van der Waals surface area contributed by atoms with Crippen LogP contribution in [-0.2, 0) is 16.2 Å². The number of imide groups is 1. The third-order valence-corrected chi connectivity index (χ3v) is 3.09. The number of nitro benzene ring substituents is 1. The minimum absolute atomic E-state index is 0.140. The molecule has 0 aliphatic carbocycles. The molecule has 21 heavy (non-hydrogen) atoms. The van der Waals surface area contributed by atoms with E-state index in [-0.39, 0.29) is 18.4 Å². The van der Waals surface area contributed by atoms with Gasteiger partial charge in [-0.3, -0.25) is 19.7 Å². The molecule has 0 atom stereocenters. The molecule has 1 aliphatic rings. The van der Waals surface area contributed by atoms with Gasteiger partial charge in [0.05, 0.1) is 22.7 Å². The van der Waals surface area contributed by atoms with Crippen LogP contribution < -0.4 is 4.90 Å². The van der Waals surface area contributed by atoms with E-state index >= 15 is 0 Å². The van der Waals surface area contributed by atoms with E-state index in [9.17, 15) is 24.5 Å². The molecule has 2 amide bonds. The molecule has 9 nitrogen and oxygen atoms in total. The van der Waals surface area contributed by atoms with Gasteiger partial charge >= 0.3 is 5.97 Å². The molecule has 0 spiro atoms. The van der Waals surface area contributed by atoms with Gasteiger partial charge < -0.3 is 10.2 Å². The lowest BCUT2D eigenvalue weighted by Gasteiger charge is -2.17. The van der Waals surface area contributed by atoms with Crippen LogP contribution in [0.5, 0.6) is 0 Å². The zero-order valence-corrected chi connectivity index (χ0v) is 10.6. The van der Waals surface area contributed by atoms with E-state index in [4.69, 9.17) is 10.2 Å². The van der Waals surface area contributed by atoms with Crippen LogP contribution in [0.4, 0.5) is 11.4 Å². The van der Waals surface area contributed by atoms with Crippen molar-refractivity contribution in [1.82, 2.24) is 0 Å². The minimum atomic E-state index is -1.51. The number of aromatic carboxylic acids is 1. The van der Waals surface area contributed by atoms with Gasteiger partial charge in [-0.05, 0) is 12.1 Å². The summed E-state index contributed by atoms with van der Waals surface area (Å²) < 4.78 is 0. The Morgan fingerprint density at radius 3 is 2.29 bits per heavy atom. The molecule has 9 heteroatoms. The highest BCUT2D eigenvalue weighted by Gasteiger charge is 2.39. The standard InChI is InChI=1S/C12H10N2O7/c15-5-6-1-2-7(12(18)19)11(10(6)14(20)21)13-8(16)3-4-9(13)17/h1-2,15H,3-5H2,(H,18,19). The summed E-state index contributed by atoms with van der Waals surface area (Å²) in [5, 5.41) is 29.5. The summed E-state index contributed by atoms with van der Waals surface area (Å²) in [5.41, 5.74) is -2.05. The second-order valence-corrected chi connectivity index (χ2v) is 4.31. The second kappa shape index (κ2) is 5.29. The number of hydrogen-bond donors (Lipinski definition) is 2. The zero-order chi connectivity index (χ0) is 15.7. The Labute approximate surface area is 117 Å². The molecule has 2 rings (SSSR count). The fourth-order valence-electron chi connectivity index (χ4n) is 2.18. The number of amides is 2. The van der Waals surface area contributed by atoms with Crippen molar-refractivity contribution in [3.05, 3.63) is 33.4 Å². The predicted molar refractivity (Wildman–Crippen MR) is 67.7 cm³/mol. The summed E-state index contributed by atoms with van der Waals surface area (Å²) >= 11 is 0. The summed E-state index contributed by atoms with van der Waals surface area (Å²) in [6.07, 6.45) is -0.281. The first-order chi connectivity index (χ1) is 9.88. The number of nitrogens with zero attached hydrogens (tertiary/aromatic N) is 2. The summed E-state index contributed by atoms with van der Waals surface area (Å²) in [6, 6.07) is 2.10. The average Bonchev–Trinajstić information content (AvgIpc) is 2.75. The minimum Gasteiger partial charge on any atom is -0.478 e. The lowest BCUT2D eigenvalue weighted by molar-refractivity contribution is -0.385. The van der Waals surface area contributed by atoms with Gasteiger partial charge in [0.25, 0.3) is 5.69 Å². The first-order valence-electron chi connectivity index (χ1n) is 5.88. The molecule has 1 fully saturated rings. The van der Waals surface area contributed by atoms with E-state index in [1.54, 1.807) is 0 Å². The molecule has 1 aromatic carbocycles. The molecular formula is C12H10N2O7. The highest BCUT2D eigenvalue weighted by molar-refractivity contribution is 6.23. The maximum atomic E-state index is 11.8.